The fraction of sp³-hybridized carbons (Fsp3) is 0.316. The number of sulfonamides is 1. The van der Waals surface area contributed by atoms with Crippen molar-refractivity contribution in [3.8, 4) is 5.75 Å². The van der Waals surface area contributed by atoms with Gasteiger partial charge in [-0.3, -0.25) is 10.0 Å². The predicted molar refractivity (Wildman–Crippen MR) is 101 cm³/mol. The molecule has 0 saturated carbocycles. The maximum Gasteiger partial charge on any atom is 0.261 e. The van der Waals surface area contributed by atoms with Gasteiger partial charge in [-0.25, -0.2) is 13.9 Å². The highest BCUT2D eigenvalue weighted by Crippen LogP contribution is 2.17. The van der Waals surface area contributed by atoms with Gasteiger partial charge in [-0.1, -0.05) is 43.7 Å². The van der Waals surface area contributed by atoms with Crippen LogP contribution in [0.15, 0.2) is 59.5 Å². The lowest BCUT2D eigenvalue weighted by molar-refractivity contribution is -0.130. The fourth-order valence-corrected chi connectivity index (χ4v) is 3.62. The second-order valence-corrected chi connectivity index (χ2v) is 7.73. The summed E-state index contributed by atoms with van der Waals surface area (Å²) in [5.41, 5.74) is 2.27. The largest absolute Gasteiger partial charge is 0.494 e. The van der Waals surface area contributed by atoms with Gasteiger partial charge in [0.15, 0.2) is 0 Å². The quantitative estimate of drug-likeness (QED) is 0.327. The minimum absolute atomic E-state index is 0.00847. The molecular weight excluding hydrogens is 368 g/mol. The third kappa shape index (κ3) is 6.35. The first-order valence-electron chi connectivity index (χ1n) is 8.69. The Bertz CT molecular complexity index is 823. The lowest BCUT2D eigenvalue weighted by Gasteiger charge is -2.17. The molecule has 1 atom stereocenters. The van der Waals surface area contributed by atoms with Crippen molar-refractivity contribution in [2.75, 3.05) is 6.61 Å². The number of hydrogen-bond donors (Lipinski definition) is 3. The van der Waals surface area contributed by atoms with E-state index >= 15 is 0 Å². The summed E-state index contributed by atoms with van der Waals surface area (Å²) in [7, 11) is -3.95. The Balaban J connectivity index is 2.11. The van der Waals surface area contributed by atoms with Gasteiger partial charge in [0.25, 0.3) is 5.91 Å². The number of hydrogen-bond acceptors (Lipinski definition) is 5. The molecule has 0 aromatic heterocycles. The number of ether oxygens (including phenoxy) is 1. The highest BCUT2D eigenvalue weighted by molar-refractivity contribution is 7.89. The summed E-state index contributed by atoms with van der Waals surface area (Å²) in [5.74, 6) is -0.252. The Kier molecular flexibility index (Phi) is 7.78. The number of nitrogens with one attached hydrogen (secondary N) is 2. The molecule has 0 unspecified atom stereocenters. The van der Waals surface area contributed by atoms with Crippen molar-refractivity contribution in [1.29, 1.82) is 0 Å². The summed E-state index contributed by atoms with van der Waals surface area (Å²) >= 11 is 0. The van der Waals surface area contributed by atoms with E-state index in [1.165, 1.54) is 17.6 Å². The van der Waals surface area contributed by atoms with Crippen molar-refractivity contribution in [2.45, 2.75) is 37.1 Å². The zero-order chi connectivity index (χ0) is 19.7. The van der Waals surface area contributed by atoms with E-state index in [1.54, 1.807) is 36.4 Å². The number of carbonyl (C=O) groups excluding carboxylic acids is 1. The second kappa shape index (κ2) is 10.1. The van der Waals surface area contributed by atoms with E-state index in [9.17, 15) is 13.2 Å². The minimum atomic E-state index is -3.95. The Morgan fingerprint density at radius 3 is 2.37 bits per heavy atom. The molecule has 1 amide bonds. The number of benzene rings is 2. The van der Waals surface area contributed by atoms with Crippen LogP contribution in [0.25, 0.3) is 0 Å². The summed E-state index contributed by atoms with van der Waals surface area (Å²) in [4.78, 5) is 11.9. The van der Waals surface area contributed by atoms with Gasteiger partial charge in [0, 0.05) is 0 Å². The third-order valence-electron chi connectivity index (χ3n) is 3.91. The van der Waals surface area contributed by atoms with Gasteiger partial charge in [-0.15, -0.1) is 0 Å². The average molecular weight is 392 g/mol. The van der Waals surface area contributed by atoms with E-state index in [-0.39, 0.29) is 11.3 Å². The molecular formula is C19H24N2O5S. The van der Waals surface area contributed by atoms with Crippen LogP contribution < -0.4 is 14.9 Å². The lowest BCUT2D eigenvalue weighted by atomic mass is 10.1. The standard InChI is InChI=1S/C19H24N2O5S/c1-2-3-13-26-16-9-11-17(12-10-16)27(24,25)21-18(19(22)20-23)14-15-7-5-4-6-8-15/h4-12,18,21,23H,2-3,13-14H2,1H3,(H,20,22)/t18-/m1/s1. The number of carbonyl (C=O) groups is 1. The van der Waals surface area contributed by atoms with Crippen molar-refractivity contribution in [3.05, 3.63) is 60.2 Å². The predicted octanol–water partition coefficient (Wildman–Crippen LogP) is 2.26. The molecule has 27 heavy (non-hydrogen) atoms. The highest BCUT2D eigenvalue weighted by atomic mass is 32.2. The second-order valence-electron chi connectivity index (χ2n) is 6.01. The molecule has 0 aliphatic rings. The molecule has 0 heterocycles. The summed E-state index contributed by atoms with van der Waals surface area (Å²) in [6.45, 7) is 2.62. The Morgan fingerprint density at radius 2 is 1.78 bits per heavy atom. The molecule has 0 bridgehead atoms. The van der Waals surface area contributed by atoms with Gasteiger partial charge in [0.1, 0.15) is 11.8 Å². The SMILES string of the molecule is CCCCOc1ccc(S(=O)(=O)N[C@H](Cc2ccccc2)C(=O)NO)cc1. The summed E-state index contributed by atoms with van der Waals surface area (Å²) in [6, 6.07) is 13.8. The van der Waals surface area contributed by atoms with E-state index in [4.69, 9.17) is 9.94 Å². The van der Waals surface area contributed by atoms with E-state index in [0.717, 1.165) is 18.4 Å². The Labute approximate surface area is 159 Å². The van der Waals surface area contributed by atoms with Crippen molar-refractivity contribution < 1.29 is 23.2 Å². The molecule has 3 N–H and O–H groups in total. The summed E-state index contributed by atoms with van der Waals surface area (Å²) < 4.78 is 33.1. The fourth-order valence-electron chi connectivity index (χ4n) is 2.42. The maximum atomic E-state index is 12.6. The molecule has 2 aromatic carbocycles. The van der Waals surface area contributed by atoms with E-state index < -0.39 is 22.0 Å². The van der Waals surface area contributed by atoms with Crippen molar-refractivity contribution >= 4 is 15.9 Å². The first-order valence-corrected chi connectivity index (χ1v) is 10.2. The van der Waals surface area contributed by atoms with Crippen LogP contribution in [0.3, 0.4) is 0 Å². The normalized spacial score (nSPS) is 12.4. The number of rotatable bonds is 10. The van der Waals surface area contributed by atoms with Crippen LogP contribution in [0, 0.1) is 0 Å². The molecule has 0 spiro atoms. The van der Waals surface area contributed by atoms with Gasteiger partial charge < -0.3 is 4.74 Å². The zero-order valence-electron chi connectivity index (χ0n) is 15.1. The monoisotopic (exact) mass is 392 g/mol. The maximum absolute atomic E-state index is 12.6. The number of unbranched alkanes of at least 4 members (excludes halogenated alkanes) is 1. The number of amides is 1. The average Bonchev–Trinajstić information content (AvgIpc) is 2.68. The first kappa shape index (κ1) is 20.9. The summed E-state index contributed by atoms with van der Waals surface area (Å²) in [5, 5.41) is 8.94. The van der Waals surface area contributed by atoms with Crippen molar-refractivity contribution in [3.63, 3.8) is 0 Å². The molecule has 8 heteroatoms. The molecule has 0 fully saturated rings. The molecule has 0 aliphatic heterocycles. The van der Waals surface area contributed by atoms with Crippen LogP contribution in [-0.4, -0.2) is 32.2 Å². The molecule has 2 aromatic rings. The van der Waals surface area contributed by atoms with Gasteiger partial charge in [0.2, 0.25) is 10.0 Å². The van der Waals surface area contributed by atoms with Crippen LogP contribution in [0.5, 0.6) is 5.75 Å². The van der Waals surface area contributed by atoms with Gasteiger partial charge in [-0.05, 0) is 42.7 Å². The van der Waals surface area contributed by atoms with E-state index in [0.29, 0.717) is 12.4 Å². The van der Waals surface area contributed by atoms with E-state index in [1.807, 2.05) is 6.07 Å². The lowest BCUT2D eigenvalue weighted by Crippen LogP contribution is -2.47. The highest BCUT2D eigenvalue weighted by Gasteiger charge is 2.26. The van der Waals surface area contributed by atoms with Crippen LogP contribution >= 0.6 is 0 Å². The van der Waals surface area contributed by atoms with E-state index in [2.05, 4.69) is 11.6 Å². The van der Waals surface area contributed by atoms with Crippen LogP contribution in [0.1, 0.15) is 25.3 Å². The topological polar surface area (TPSA) is 105 Å². The van der Waals surface area contributed by atoms with Crippen LogP contribution in [-0.2, 0) is 21.2 Å². The molecule has 0 aliphatic carbocycles. The first-order chi connectivity index (χ1) is 13.0. The third-order valence-corrected chi connectivity index (χ3v) is 5.39. The molecule has 0 radical (unpaired) electrons. The molecule has 0 saturated heterocycles. The minimum Gasteiger partial charge on any atom is -0.494 e. The molecule has 7 nitrogen and oxygen atoms in total. The zero-order valence-corrected chi connectivity index (χ0v) is 15.9. The smallest absolute Gasteiger partial charge is 0.261 e. The van der Waals surface area contributed by atoms with Gasteiger partial charge >= 0.3 is 0 Å². The van der Waals surface area contributed by atoms with Gasteiger partial charge in [-0.2, -0.15) is 4.72 Å². The van der Waals surface area contributed by atoms with Crippen molar-refractivity contribution in [1.82, 2.24) is 10.2 Å². The van der Waals surface area contributed by atoms with Crippen LogP contribution in [0.4, 0.5) is 0 Å². The molecule has 2 rings (SSSR count). The summed E-state index contributed by atoms with van der Waals surface area (Å²) in [6.07, 6.45) is 2.02. The number of hydroxylamine groups is 1. The Hall–Kier alpha value is -2.42. The van der Waals surface area contributed by atoms with Crippen molar-refractivity contribution in [2.24, 2.45) is 0 Å². The van der Waals surface area contributed by atoms with Gasteiger partial charge in [0.05, 0.1) is 11.5 Å². The van der Waals surface area contributed by atoms with Crippen LogP contribution in [0.2, 0.25) is 0 Å². The Morgan fingerprint density at radius 1 is 1.11 bits per heavy atom. The molecule has 146 valence electrons.